The summed E-state index contributed by atoms with van der Waals surface area (Å²) in [7, 11) is 0. The topological polar surface area (TPSA) is 66.9 Å². The van der Waals surface area contributed by atoms with E-state index >= 15 is 0 Å². The fourth-order valence-electron chi connectivity index (χ4n) is 3.29. The first-order chi connectivity index (χ1) is 15.2. The van der Waals surface area contributed by atoms with E-state index in [1.807, 2.05) is 67.6 Å². The van der Waals surface area contributed by atoms with Crippen LogP contribution in [0.2, 0.25) is 0 Å². The third-order valence-electron chi connectivity index (χ3n) is 4.96. The smallest absolute Gasteiger partial charge is 0.282 e. The zero-order chi connectivity index (χ0) is 21.5. The van der Waals surface area contributed by atoms with Gasteiger partial charge in [0.2, 0.25) is 5.01 Å². The Balaban J connectivity index is 1.39. The highest BCUT2D eigenvalue weighted by atomic mass is 32.1. The number of carbonyl (C=O) groups excluding carboxylic acids is 1. The van der Waals surface area contributed by atoms with Crippen LogP contribution in [0.15, 0.2) is 84.9 Å². The van der Waals surface area contributed by atoms with Crippen molar-refractivity contribution < 1.29 is 4.79 Å². The summed E-state index contributed by atoms with van der Waals surface area (Å²) in [5.74, 6) is -0.202. The molecule has 4 rings (SSSR count). The molecule has 1 amide bonds. The molecular weight excluding hydrogens is 404 g/mol. The Bertz CT molecular complexity index is 1070. The Morgan fingerprint density at radius 1 is 0.839 bits per heavy atom. The van der Waals surface area contributed by atoms with Crippen molar-refractivity contribution in [1.82, 2.24) is 20.8 Å². The van der Waals surface area contributed by atoms with Crippen LogP contribution in [0.1, 0.15) is 43.1 Å². The van der Waals surface area contributed by atoms with E-state index in [-0.39, 0.29) is 11.9 Å². The van der Waals surface area contributed by atoms with Crippen molar-refractivity contribution in [1.29, 1.82) is 0 Å². The summed E-state index contributed by atoms with van der Waals surface area (Å²) in [6, 6.07) is 28.7. The maximum atomic E-state index is 12.5. The second-order valence-electron chi connectivity index (χ2n) is 7.30. The molecule has 3 aromatic carbocycles. The Hall–Kier alpha value is -3.35. The fraction of sp³-hybridized carbons (Fsp3) is 0.160. The van der Waals surface area contributed by atoms with Crippen LogP contribution >= 0.6 is 11.3 Å². The third-order valence-corrected chi connectivity index (χ3v) is 5.88. The lowest BCUT2D eigenvalue weighted by Crippen LogP contribution is -2.22. The second-order valence-corrected chi connectivity index (χ2v) is 8.37. The van der Waals surface area contributed by atoms with Gasteiger partial charge in [-0.25, -0.2) is 0 Å². The lowest BCUT2D eigenvalue weighted by molar-refractivity contribution is 0.0950. The minimum absolute atomic E-state index is 0.0325. The lowest BCUT2D eigenvalue weighted by Gasteiger charge is -2.19. The number of nitrogens with zero attached hydrogens (tertiary/aromatic N) is 2. The number of carbonyl (C=O) groups is 1. The molecule has 6 heteroatoms. The second kappa shape index (κ2) is 10.1. The quantitative estimate of drug-likeness (QED) is 0.428. The normalized spacial score (nSPS) is 10.9. The van der Waals surface area contributed by atoms with Crippen molar-refractivity contribution in [3.63, 3.8) is 0 Å². The van der Waals surface area contributed by atoms with E-state index in [0.29, 0.717) is 18.1 Å². The van der Waals surface area contributed by atoms with Crippen LogP contribution in [0.5, 0.6) is 0 Å². The highest BCUT2D eigenvalue weighted by Gasteiger charge is 2.16. The first-order valence-electron chi connectivity index (χ1n) is 10.2. The Morgan fingerprint density at radius 2 is 1.45 bits per heavy atom. The predicted octanol–water partition coefficient (Wildman–Crippen LogP) is 4.66. The third kappa shape index (κ3) is 5.63. The van der Waals surface area contributed by atoms with Crippen LogP contribution in [0.3, 0.4) is 0 Å². The standard InChI is InChI=1S/C25H24N4OS/c1-18-12-14-19(15-13-18)16-27-24(30)25-29-28-22(31-25)17-26-23(20-8-4-2-5-9-20)21-10-6-3-7-11-21/h2-15,23,26H,16-17H2,1H3,(H,27,30). The molecule has 0 aliphatic heterocycles. The minimum atomic E-state index is -0.202. The van der Waals surface area contributed by atoms with Crippen LogP contribution < -0.4 is 10.6 Å². The summed E-state index contributed by atoms with van der Waals surface area (Å²) in [4.78, 5) is 12.5. The van der Waals surface area contributed by atoms with Gasteiger partial charge in [0, 0.05) is 6.54 Å². The lowest BCUT2D eigenvalue weighted by atomic mass is 9.99. The van der Waals surface area contributed by atoms with Gasteiger partial charge in [0.1, 0.15) is 5.01 Å². The van der Waals surface area contributed by atoms with E-state index in [2.05, 4.69) is 45.1 Å². The largest absolute Gasteiger partial charge is 0.346 e. The van der Waals surface area contributed by atoms with Crippen molar-refractivity contribution in [3.05, 3.63) is 117 Å². The van der Waals surface area contributed by atoms with Crippen molar-refractivity contribution in [2.45, 2.75) is 26.1 Å². The van der Waals surface area contributed by atoms with Gasteiger partial charge in [-0.2, -0.15) is 0 Å². The molecule has 5 nitrogen and oxygen atoms in total. The van der Waals surface area contributed by atoms with E-state index in [1.165, 1.54) is 28.0 Å². The molecule has 0 aliphatic rings. The monoisotopic (exact) mass is 428 g/mol. The number of benzene rings is 3. The van der Waals surface area contributed by atoms with Crippen molar-refractivity contribution in [3.8, 4) is 0 Å². The van der Waals surface area contributed by atoms with Gasteiger partial charge in [0.05, 0.1) is 12.6 Å². The zero-order valence-corrected chi connectivity index (χ0v) is 18.1. The van der Waals surface area contributed by atoms with Crippen molar-refractivity contribution in [2.75, 3.05) is 0 Å². The average Bonchev–Trinajstić information content (AvgIpc) is 3.29. The van der Waals surface area contributed by atoms with E-state index in [4.69, 9.17) is 0 Å². The Kier molecular flexibility index (Phi) is 6.82. The molecule has 31 heavy (non-hydrogen) atoms. The first-order valence-corrected chi connectivity index (χ1v) is 11.0. The van der Waals surface area contributed by atoms with E-state index in [1.54, 1.807) is 0 Å². The zero-order valence-electron chi connectivity index (χ0n) is 17.3. The van der Waals surface area contributed by atoms with Gasteiger partial charge in [-0.1, -0.05) is 102 Å². The summed E-state index contributed by atoms with van der Waals surface area (Å²) >= 11 is 1.31. The number of amides is 1. The van der Waals surface area contributed by atoms with Gasteiger partial charge in [0.15, 0.2) is 0 Å². The molecule has 4 aromatic rings. The molecule has 0 bridgehead atoms. The average molecular weight is 429 g/mol. The molecule has 0 atom stereocenters. The highest BCUT2D eigenvalue weighted by molar-refractivity contribution is 7.13. The number of hydrogen-bond donors (Lipinski definition) is 2. The van der Waals surface area contributed by atoms with E-state index < -0.39 is 0 Å². The van der Waals surface area contributed by atoms with Crippen LogP contribution in [0, 0.1) is 6.92 Å². The van der Waals surface area contributed by atoms with Crippen LogP contribution in [-0.4, -0.2) is 16.1 Å². The molecule has 0 fully saturated rings. The molecule has 156 valence electrons. The number of hydrogen-bond acceptors (Lipinski definition) is 5. The van der Waals surface area contributed by atoms with Gasteiger partial charge < -0.3 is 5.32 Å². The number of aryl methyl sites for hydroxylation is 1. The van der Waals surface area contributed by atoms with Crippen molar-refractivity contribution >= 4 is 17.2 Å². The summed E-state index contributed by atoms with van der Waals surface area (Å²) in [5, 5.41) is 15.9. The molecule has 0 radical (unpaired) electrons. The van der Waals surface area contributed by atoms with Crippen molar-refractivity contribution in [2.24, 2.45) is 0 Å². The molecule has 1 aromatic heterocycles. The molecule has 0 saturated heterocycles. The molecule has 1 heterocycles. The van der Waals surface area contributed by atoms with Gasteiger partial charge >= 0.3 is 0 Å². The maximum Gasteiger partial charge on any atom is 0.282 e. The Morgan fingerprint density at radius 3 is 2.06 bits per heavy atom. The molecule has 0 unspecified atom stereocenters. The number of nitrogens with one attached hydrogen (secondary N) is 2. The minimum Gasteiger partial charge on any atom is -0.346 e. The van der Waals surface area contributed by atoms with Gasteiger partial charge in [0.25, 0.3) is 5.91 Å². The molecule has 0 saturated carbocycles. The van der Waals surface area contributed by atoms with Crippen LogP contribution in [0.25, 0.3) is 0 Å². The maximum absolute atomic E-state index is 12.5. The van der Waals surface area contributed by atoms with Gasteiger partial charge in [-0.05, 0) is 23.6 Å². The van der Waals surface area contributed by atoms with Crippen LogP contribution in [-0.2, 0) is 13.1 Å². The summed E-state index contributed by atoms with van der Waals surface area (Å²) < 4.78 is 0. The number of rotatable bonds is 8. The molecular formula is C25H24N4OS. The molecule has 2 N–H and O–H groups in total. The van der Waals surface area contributed by atoms with E-state index in [0.717, 1.165) is 10.6 Å². The first kappa shape index (κ1) is 20.9. The summed E-state index contributed by atoms with van der Waals surface area (Å²) in [6.07, 6.45) is 0. The predicted molar refractivity (Wildman–Crippen MR) is 124 cm³/mol. The Labute approximate surface area is 186 Å². The summed E-state index contributed by atoms with van der Waals surface area (Å²) in [5.41, 5.74) is 4.60. The SMILES string of the molecule is Cc1ccc(CNC(=O)c2nnc(CNC(c3ccccc3)c3ccccc3)s2)cc1. The fourth-order valence-corrected chi connectivity index (χ4v) is 4.00. The highest BCUT2D eigenvalue weighted by Crippen LogP contribution is 2.22. The van der Waals surface area contributed by atoms with E-state index in [9.17, 15) is 4.79 Å². The molecule has 0 spiro atoms. The number of aromatic nitrogens is 2. The van der Waals surface area contributed by atoms with Gasteiger partial charge in [-0.3, -0.25) is 10.1 Å². The van der Waals surface area contributed by atoms with Gasteiger partial charge in [-0.15, -0.1) is 10.2 Å². The van der Waals surface area contributed by atoms with Crippen LogP contribution in [0.4, 0.5) is 0 Å². The molecule has 0 aliphatic carbocycles. The summed E-state index contributed by atoms with van der Waals surface area (Å²) in [6.45, 7) is 3.03.